The van der Waals surface area contributed by atoms with Gasteiger partial charge >= 0.3 is 0 Å². The summed E-state index contributed by atoms with van der Waals surface area (Å²) in [5, 5.41) is 3.45. The molecule has 0 aromatic heterocycles. The van der Waals surface area contributed by atoms with E-state index in [0.29, 0.717) is 4.75 Å². The molecule has 0 unspecified atom stereocenters. The largest absolute Gasteiger partial charge is 0.317 e. The van der Waals surface area contributed by atoms with Crippen LogP contribution in [0.2, 0.25) is 0 Å². The third kappa shape index (κ3) is 3.36. The molecule has 15 heavy (non-hydrogen) atoms. The van der Waals surface area contributed by atoms with Gasteiger partial charge in [-0.3, -0.25) is 4.90 Å². The summed E-state index contributed by atoms with van der Waals surface area (Å²) in [5.41, 5.74) is 0. The van der Waals surface area contributed by atoms with E-state index in [9.17, 15) is 0 Å². The first-order valence-corrected chi connectivity index (χ1v) is 7.25. The molecular weight excluding hydrogens is 204 g/mol. The number of hydrogen-bond donors (Lipinski definition) is 1. The summed E-state index contributed by atoms with van der Waals surface area (Å²) in [5.74, 6) is 1.32. The quantitative estimate of drug-likeness (QED) is 0.738. The molecule has 2 rings (SSSR count). The Balaban J connectivity index is 1.87. The van der Waals surface area contributed by atoms with E-state index in [1.807, 2.05) is 0 Å². The number of piperidine rings is 1. The van der Waals surface area contributed by atoms with E-state index in [1.165, 1.54) is 51.2 Å². The van der Waals surface area contributed by atoms with E-state index in [-0.39, 0.29) is 0 Å². The first-order valence-electron chi connectivity index (χ1n) is 6.26. The Morgan fingerprint density at radius 2 is 1.93 bits per heavy atom. The van der Waals surface area contributed by atoms with Crippen molar-refractivity contribution in [3.63, 3.8) is 0 Å². The van der Waals surface area contributed by atoms with Gasteiger partial charge in [0.25, 0.3) is 0 Å². The fraction of sp³-hybridized carbons (Fsp3) is 1.00. The van der Waals surface area contributed by atoms with Crippen molar-refractivity contribution in [1.29, 1.82) is 0 Å². The highest BCUT2D eigenvalue weighted by Gasteiger charge is 2.27. The van der Waals surface area contributed by atoms with Crippen molar-refractivity contribution < 1.29 is 0 Å². The third-order valence-corrected chi connectivity index (χ3v) is 5.07. The second kappa shape index (κ2) is 5.07. The monoisotopic (exact) mass is 228 g/mol. The van der Waals surface area contributed by atoms with Crippen LogP contribution in [-0.4, -0.2) is 47.6 Å². The summed E-state index contributed by atoms with van der Waals surface area (Å²) < 4.78 is 0.502. The predicted octanol–water partition coefficient (Wildman–Crippen LogP) is 1.96. The zero-order valence-electron chi connectivity index (χ0n) is 10.1. The summed E-state index contributed by atoms with van der Waals surface area (Å²) in [6, 6.07) is 0.862. The lowest BCUT2D eigenvalue weighted by molar-refractivity contribution is 0.169. The van der Waals surface area contributed by atoms with Gasteiger partial charge in [0, 0.05) is 23.1 Å². The third-order valence-electron chi connectivity index (χ3n) is 3.70. The van der Waals surface area contributed by atoms with Crippen molar-refractivity contribution in [3.8, 4) is 0 Å². The Kier molecular flexibility index (Phi) is 3.97. The van der Waals surface area contributed by atoms with E-state index in [4.69, 9.17) is 0 Å². The summed E-state index contributed by atoms with van der Waals surface area (Å²) in [6.07, 6.45) is 4.05. The molecule has 0 amide bonds. The number of hydrogen-bond acceptors (Lipinski definition) is 3. The minimum atomic E-state index is 0.502. The summed E-state index contributed by atoms with van der Waals surface area (Å²) in [6.45, 7) is 9.84. The van der Waals surface area contributed by atoms with Crippen LogP contribution in [-0.2, 0) is 0 Å². The van der Waals surface area contributed by atoms with E-state index in [0.717, 1.165) is 6.04 Å². The fourth-order valence-corrected chi connectivity index (χ4v) is 3.69. The Morgan fingerprint density at radius 3 is 2.67 bits per heavy atom. The molecule has 2 nitrogen and oxygen atoms in total. The van der Waals surface area contributed by atoms with Crippen LogP contribution >= 0.6 is 11.8 Å². The highest BCUT2D eigenvalue weighted by atomic mass is 32.2. The van der Waals surface area contributed by atoms with Gasteiger partial charge in [0.2, 0.25) is 0 Å². The van der Waals surface area contributed by atoms with Crippen molar-refractivity contribution in [2.24, 2.45) is 0 Å². The first kappa shape index (κ1) is 11.7. The minimum Gasteiger partial charge on any atom is -0.317 e. The molecule has 0 aromatic carbocycles. The lowest BCUT2D eigenvalue weighted by Crippen LogP contribution is -2.44. The topological polar surface area (TPSA) is 15.3 Å². The summed E-state index contributed by atoms with van der Waals surface area (Å²) in [7, 11) is 0. The van der Waals surface area contributed by atoms with E-state index < -0.39 is 0 Å². The van der Waals surface area contributed by atoms with Gasteiger partial charge in [-0.2, -0.15) is 11.8 Å². The molecule has 0 aliphatic carbocycles. The molecule has 3 heteroatoms. The maximum atomic E-state index is 3.45. The normalized spacial score (nSPS) is 30.0. The molecule has 2 aliphatic rings. The van der Waals surface area contributed by atoms with Gasteiger partial charge in [0.05, 0.1) is 0 Å². The molecule has 0 aromatic rings. The number of thioether (sulfide) groups is 1. The van der Waals surface area contributed by atoms with Gasteiger partial charge in [-0.15, -0.1) is 0 Å². The van der Waals surface area contributed by atoms with E-state index >= 15 is 0 Å². The average Bonchev–Trinajstić information content (AvgIpc) is 2.41. The maximum Gasteiger partial charge on any atom is 0.0120 e. The number of nitrogens with zero attached hydrogens (tertiary/aromatic N) is 1. The number of nitrogens with one attached hydrogen (secondary N) is 1. The van der Waals surface area contributed by atoms with Gasteiger partial charge in [0.15, 0.2) is 0 Å². The lowest BCUT2D eigenvalue weighted by Gasteiger charge is -2.33. The van der Waals surface area contributed by atoms with E-state index in [1.54, 1.807) is 0 Å². The van der Waals surface area contributed by atoms with Crippen LogP contribution in [0, 0.1) is 0 Å². The highest BCUT2D eigenvalue weighted by molar-refractivity contribution is 8.00. The molecule has 0 spiro atoms. The van der Waals surface area contributed by atoms with Crippen LogP contribution in [0.1, 0.15) is 33.1 Å². The number of rotatable bonds is 1. The van der Waals surface area contributed by atoms with Crippen molar-refractivity contribution in [1.82, 2.24) is 10.2 Å². The molecule has 1 N–H and O–H groups in total. The highest BCUT2D eigenvalue weighted by Crippen LogP contribution is 2.31. The van der Waals surface area contributed by atoms with Crippen molar-refractivity contribution in [2.75, 3.05) is 31.9 Å². The molecule has 2 fully saturated rings. The molecule has 2 heterocycles. The second-order valence-corrected chi connectivity index (χ2v) is 7.18. The zero-order valence-corrected chi connectivity index (χ0v) is 10.9. The van der Waals surface area contributed by atoms with Crippen LogP contribution in [0.5, 0.6) is 0 Å². The van der Waals surface area contributed by atoms with Gasteiger partial charge in [-0.25, -0.2) is 0 Å². The Morgan fingerprint density at radius 1 is 1.20 bits per heavy atom. The lowest BCUT2D eigenvalue weighted by atomic mass is 10.0. The Bertz CT molecular complexity index is 200. The van der Waals surface area contributed by atoms with Gasteiger partial charge < -0.3 is 5.32 Å². The van der Waals surface area contributed by atoms with Crippen LogP contribution in [0.3, 0.4) is 0 Å². The molecule has 2 saturated heterocycles. The van der Waals surface area contributed by atoms with Gasteiger partial charge in [-0.1, -0.05) is 13.8 Å². The predicted molar refractivity (Wildman–Crippen MR) is 68.6 cm³/mol. The van der Waals surface area contributed by atoms with E-state index in [2.05, 4.69) is 35.8 Å². The molecule has 2 aliphatic heterocycles. The second-order valence-electron chi connectivity index (χ2n) is 5.38. The van der Waals surface area contributed by atoms with Gasteiger partial charge in [-0.05, 0) is 38.9 Å². The smallest absolute Gasteiger partial charge is 0.0120 e. The molecule has 0 radical (unpaired) electrons. The van der Waals surface area contributed by atoms with Crippen molar-refractivity contribution in [2.45, 2.75) is 43.9 Å². The summed E-state index contributed by atoms with van der Waals surface area (Å²) >= 11 is 2.15. The SMILES string of the molecule is CC1(C)CCN(C2CCNCC2)CCS1. The Hall–Kier alpha value is 0.270. The standard InChI is InChI=1S/C12H24N2S/c1-12(2)5-8-14(9-10-15-12)11-3-6-13-7-4-11/h11,13H,3-10H2,1-2H3. The minimum absolute atomic E-state index is 0.502. The van der Waals surface area contributed by atoms with Crippen LogP contribution in [0.15, 0.2) is 0 Å². The average molecular weight is 228 g/mol. The molecular formula is C12H24N2S. The molecule has 0 saturated carbocycles. The molecule has 88 valence electrons. The fourth-order valence-electron chi connectivity index (χ4n) is 2.57. The Labute approximate surface area is 98.2 Å². The van der Waals surface area contributed by atoms with Crippen LogP contribution in [0.4, 0.5) is 0 Å². The van der Waals surface area contributed by atoms with Crippen molar-refractivity contribution >= 4 is 11.8 Å². The first-order chi connectivity index (χ1) is 7.17. The van der Waals surface area contributed by atoms with Crippen LogP contribution < -0.4 is 5.32 Å². The molecule has 0 atom stereocenters. The molecule has 0 bridgehead atoms. The van der Waals surface area contributed by atoms with Crippen molar-refractivity contribution in [3.05, 3.63) is 0 Å². The summed E-state index contributed by atoms with van der Waals surface area (Å²) in [4.78, 5) is 2.74. The maximum absolute atomic E-state index is 3.45. The van der Waals surface area contributed by atoms with Gasteiger partial charge in [0.1, 0.15) is 0 Å². The van der Waals surface area contributed by atoms with Crippen LogP contribution in [0.25, 0.3) is 0 Å². The zero-order chi connectivity index (χ0) is 10.7.